The fourth-order valence-corrected chi connectivity index (χ4v) is 2.22. The fourth-order valence-electron chi connectivity index (χ4n) is 2.22. The van der Waals surface area contributed by atoms with Crippen LogP contribution in [0, 0.1) is 32.1 Å². The Morgan fingerprint density at radius 1 is 1.19 bits per heavy atom. The van der Waals surface area contributed by atoms with E-state index in [-0.39, 0.29) is 0 Å². The zero-order chi connectivity index (χ0) is 11.7. The molecule has 0 fully saturated rings. The summed E-state index contributed by atoms with van der Waals surface area (Å²) < 4.78 is 0. The lowest BCUT2D eigenvalue weighted by atomic mass is 9.99. The summed E-state index contributed by atoms with van der Waals surface area (Å²) in [7, 11) is 0. The molecule has 0 radical (unpaired) electrons. The van der Waals surface area contributed by atoms with Gasteiger partial charge in [-0.3, -0.25) is 4.98 Å². The molecule has 0 unspecified atom stereocenters. The Morgan fingerprint density at radius 2 is 1.94 bits per heavy atom. The Bertz CT molecular complexity index is 586. The van der Waals surface area contributed by atoms with Crippen molar-refractivity contribution in [3.05, 3.63) is 40.6 Å². The van der Waals surface area contributed by atoms with Gasteiger partial charge in [-0.1, -0.05) is 6.07 Å². The van der Waals surface area contributed by atoms with Crippen molar-refractivity contribution in [2.45, 2.75) is 27.2 Å². The van der Waals surface area contributed by atoms with E-state index in [9.17, 15) is 0 Å². The number of aromatic nitrogens is 1. The number of hydrogen-bond donors (Lipinski definition) is 0. The van der Waals surface area contributed by atoms with Gasteiger partial charge in [0.15, 0.2) is 0 Å². The molecule has 0 spiro atoms. The first-order valence-corrected chi connectivity index (χ1v) is 5.36. The number of benzene rings is 1. The van der Waals surface area contributed by atoms with Gasteiger partial charge in [0.25, 0.3) is 0 Å². The van der Waals surface area contributed by atoms with Crippen molar-refractivity contribution < 1.29 is 0 Å². The van der Waals surface area contributed by atoms with Crippen molar-refractivity contribution in [2.75, 3.05) is 0 Å². The highest BCUT2D eigenvalue weighted by molar-refractivity contribution is 5.86. The fraction of sp³-hybridized carbons (Fsp3) is 0.286. The molecule has 0 N–H and O–H groups in total. The number of hydrogen-bond acceptors (Lipinski definition) is 2. The van der Waals surface area contributed by atoms with Gasteiger partial charge in [0.2, 0.25) is 0 Å². The number of rotatable bonds is 1. The summed E-state index contributed by atoms with van der Waals surface area (Å²) in [6.45, 7) is 6.12. The van der Waals surface area contributed by atoms with Crippen LogP contribution in [0.3, 0.4) is 0 Å². The molecule has 0 aliphatic heterocycles. The lowest BCUT2D eigenvalue weighted by molar-refractivity contribution is 1.19. The molecule has 0 saturated carbocycles. The zero-order valence-corrected chi connectivity index (χ0v) is 9.83. The third-order valence-electron chi connectivity index (χ3n) is 2.73. The average Bonchev–Trinajstić information content (AvgIpc) is 2.15. The molecular formula is C14H14N2. The molecule has 0 aliphatic rings. The maximum atomic E-state index is 8.85. The van der Waals surface area contributed by atoms with E-state index in [2.05, 4.69) is 37.0 Å². The molecule has 2 aromatic rings. The molecule has 0 aliphatic carbocycles. The summed E-state index contributed by atoms with van der Waals surface area (Å²) in [5, 5.41) is 9.98. The molecule has 0 atom stereocenters. The third-order valence-corrected chi connectivity index (χ3v) is 2.73. The van der Waals surface area contributed by atoms with Crippen molar-refractivity contribution >= 4 is 10.9 Å². The van der Waals surface area contributed by atoms with Gasteiger partial charge in [-0.25, -0.2) is 0 Å². The van der Waals surface area contributed by atoms with Gasteiger partial charge in [-0.05, 0) is 49.6 Å². The second-order valence-corrected chi connectivity index (χ2v) is 4.23. The predicted molar refractivity (Wildman–Crippen MR) is 65.3 cm³/mol. The SMILES string of the molecule is Cc1cc(C)c2c(CC#N)cc(C)nc2c1. The molecule has 0 saturated heterocycles. The standard InChI is InChI=1S/C14H14N2/c1-9-6-10(2)14-12(4-5-15)8-11(3)16-13(14)7-9/h6-8H,4H2,1-3H3. The van der Waals surface area contributed by atoms with Crippen molar-refractivity contribution in [1.29, 1.82) is 5.26 Å². The number of aryl methyl sites for hydroxylation is 3. The Hall–Kier alpha value is -1.88. The maximum absolute atomic E-state index is 8.85. The van der Waals surface area contributed by atoms with E-state index in [1.807, 2.05) is 13.0 Å². The first-order chi connectivity index (χ1) is 7.61. The van der Waals surface area contributed by atoms with E-state index in [0.717, 1.165) is 22.2 Å². The van der Waals surface area contributed by atoms with Crippen LogP contribution in [-0.2, 0) is 6.42 Å². The molecule has 0 amide bonds. The van der Waals surface area contributed by atoms with Crippen molar-refractivity contribution in [1.82, 2.24) is 4.98 Å². The van der Waals surface area contributed by atoms with Gasteiger partial charge in [-0.15, -0.1) is 0 Å². The molecule has 80 valence electrons. The van der Waals surface area contributed by atoms with E-state index in [1.54, 1.807) is 0 Å². The summed E-state index contributed by atoms with van der Waals surface area (Å²) in [6, 6.07) is 8.44. The molecule has 1 aromatic carbocycles. The second kappa shape index (κ2) is 3.94. The number of nitriles is 1. The molecule has 2 rings (SSSR count). The van der Waals surface area contributed by atoms with Crippen LogP contribution >= 0.6 is 0 Å². The van der Waals surface area contributed by atoms with Crippen LogP contribution in [0.15, 0.2) is 18.2 Å². The number of pyridine rings is 1. The zero-order valence-electron chi connectivity index (χ0n) is 9.83. The van der Waals surface area contributed by atoms with Crippen LogP contribution < -0.4 is 0 Å². The van der Waals surface area contributed by atoms with Crippen LogP contribution in [0.25, 0.3) is 10.9 Å². The van der Waals surface area contributed by atoms with Gasteiger partial charge < -0.3 is 0 Å². The van der Waals surface area contributed by atoms with E-state index in [4.69, 9.17) is 5.26 Å². The average molecular weight is 210 g/mol. The van der Waals surface area contributed by atoms with E-state index < -0.39 is 0 Å². The minimum absolute atomic E-state index is 0.448. The summed E-state index contributed by atoms with van der Waals surface area (Å²) >= 11 is 0. The second-order valence-electron chi connectivity index (χ2n) is 4.23. The van der Waals surface area contributed by atoms with Crippen LogP contribution in [0.1, 0.15) is 22.4 Å². The Balaban J connectivity index is 2.85. The van der Waals surface area contributed by atoms with Crippen LogP contribution in [0.5, 0.6) is 0 Å². The predicted octanol–water partition coefficient (Wildman–Crippen LogP) is 3.23. The highest BCUT2D eigenvalue weighted by atomic mass is 14.7. The maximum Gasteiger partial charge on any atom is 0.0713 e. The summed E-state index contributed by atoms with van der Waals surface area (Å²) in [5.74, 6) is 0. The normalized spacial score (nSPS) is 10.4. The summed E-state index contributed by atoms with van der Waals surface area (Å²) in [4.78, 5) is 4.53. The Morgan fingerprint density at radius 3 is 2.62 bits per heavy atom. The first kappa shape index (κ1) is 10.6. The van der Waals surface area contributed by atoms with Crippen molar-refractivity contribution in [3.8, 4) is 6.07 Å². The monoisotopic (exact) mass is 210 g/mol. The highest BCUT2D eigenvalue weighted by Crippen LogP contribution is 2.24. The van der Waals surface area contributed by atoms with Crippen LogP contribution in [0.4, 0.5) is 0 Å². The topological polar surface area (TPSA) is 36.7 Å². The Labute approximate surface area is 95.6 Å². The molecule has 2 nitrogen and oxygen atoms in total. The van der Waals surface area contributed by atoms with Gasteiger partial charge in [0, 0.05) is 11.1 Å². The van der Waals surface area contributed by atoms with E-state index in [0.29, 0.717) is 6.42 Å². The van der Waals surface area contributed by atoms with Crippen LogP contribution in [0.2, 0.25) is 0 Å². The quantitative estimate of drug-likeness (QED) is 0.724. The minimum Gasteiger partial charge on any atom is -0.253 e. The van der Waals surface area contributed by atoms with Crippen molar-refractivity contribution in [3.63, 3.8) is 0 Å². The molecule has 0 bridgehead atoms. The summed E-state index contributed by atoms with van der Waals surface area (Å²) in [5.41, 5.74) is 5.48. The third kappa shape index (κ3) is 1.77. The highest BCUT2D eigenvalue weighted by Gasteiger charge is 2.07. The van der Waals surface area contributed by atoms with E-state index >= 15 is 0 Å². The van der Waals surface area contributed by atoms with Gasteiger partial charge in [0.1, 0.15) is 0 Å². The van der Waals surface area contributed by atoms with Crippen molar-refractivity contribution in [2.24, 2.45) is 0 Å². The van der Waals surface area contributed by atoms with Gasteiger partial charge in [-0.2, -0.15) is 5.26 Å². The number of fused-ring (bicyclic) bond motifs is 1. The molecule has 1 heterocycles. The minimum atomic E-state index is 0.448. The largest absolute Gasteiger partial charge is 0.253 e. The molecule has 16 heavy (non-hydrogen) atoms. The van der Waals surface area contributed by atoms with Gasteiger partial charge in [0.05, 0.1) is 18.0 Å². The van der Waals surface area contributed by atoms with E-state index in [1.165, 1.54) is 11.1 Å². The lowest BCUT2D eigenvalue weighted by Gasteiger charge is -2.09. The Kier molecular flexibility index (Phi) is 2.62. The van der Waals surface area contributed by atoms with Crippen LogP contribution in [-0.4, -0.2) is 4.98 Å². The lowest BCUT2D eigenvalue weighted by Crippen LogP contribution is -1.94. The molecule has 2 heteroatoms. The molecule has 1 aromatic heterocycles. The smallest absolute Gasteiger partial charge is 0.0713 e. The number of nitrogens with zero attached hydrogens (tertiary/aromatic N) is 2. The van der Waals surface area contributed by atoms with Gasteiger partial charge >= 0.3 is 0 Å². The first-order valence-electron chi connectivity index (χ1n) is 5.36. The summed E-state index contributed by atoms with van der Waals surface area (Å²) in [6.07, 6.45) is 0.448. The molecular weight excluding hydrogens is 196 g/mol.